The Balaban J connectivity index is 2.05. The standard InChI is InChI=1S/C12H15BrN2O4S/c1-9-4-5-11(10(13)8-9)14-20(17,18)19-12(16)15-6-2-3-7-15/h4-5,8,14H,2-3,6-7H2,1H3. The average Bonchev–Trinajstić information content (AvgIpc) is 2.86. The number of carbonyl (C=O) groups excluding carboxylic acids is 1. The average molecular weight is 363 g/mol. The van der Waals surface area contributed by atoms with Crippen molar-refractivity contribution in [3.05, 3.63) is 28.2 Å². The number of carbonyl (C=O) groups is 1. The molecule has 1 amide bonds. The molecule has 8 heteroatoms. The molecule has 1 aliphatic rings. The third-order valence-corrected chi connectivity index (χ3v) is 4.39. The Morgan fingerprint density at radius 3 is 2.60 bits per heavy atom. The molecule has 1 N–H and O–H groups in total. The number of nitrogens with one attached hydrogen (secondary N) is 1. The Bertz CT molecular complexity index is 612. The molecule has 110 valence electrons. The van der Waals surface area contributed by atoms with Gasteiger partial charge in [0.05, 0.1) is 5.69 Å². The van der Waals surface area contributed by atoms with Gasteiger partial charge in [0.1, 0.15) is 0 Å². The Labute approximate surface area is 126 Å². The summed E-state index contributed by atoms with van der Waals surface area (Å²) in [6.45, 7) is 2.95. The quantitative estimate of drug-likeness (QED) is 0.896. The van der Waals surface area contributed by atoms with E-state index in [9.17, 15) is 13.2 Å². The van der Waals surface area contributed by atoms with Crippen LogP contribution < -0.4 is 4.72 Å². The smallest absolute Gasteiger partial charge is 0.311 e. The summed E-state index contributed by atoms with van der Waals surface area (Å²) in [6.07, 6.45) is 0.899. The minimum absolute atomic E-state index is 0.324. The number of hydrogen-bond donors (Lipinski definition) is 1. The highest BCUT2D eigenvalue weighted by molar-refractivity contribution is 9.10. The maximum atomic E-state index is 11.8. The van der Waals surface area contributed by atoms with Crippen molar-refractivity contribution < 1.29 is 17.4 Å². The Morgan fingerprint density at radius 1 is 1.35 bits per heavy atom. The molecule has 0 spiro atoms. The van der Waals surface area contributed by atoms with Gasteiger partial charge >= 0.3 is 16.4 Å². The number of halogens is 1. The molecule has 0 aromatic heterocycles. The highest BCUT2D eigenvalue weighted by atomic mass is 79.9. The van der Waals surface area contributed by atoms with E-state index in [1.807, 2.05) is 6.92 Å². The molecule has 0 aliphatic carbocycles. The molecular formula is C12H15BrN2O4S. The van der Waals surface area contributed by atoms with Crippen molar-refractivity contribution in [2.45, 2.75) is 19.8 Å². The summed E-state index contributed by atoms with van der Waals surface area (Å²) < 4.78 is 30.9. The number of aryl methyl sites for hydroxylation is 1. The van der Waals surface area contributed by atoms with Crippen LogP contribution in [0.3, 0.4) is 0 Å². The molecule has 2 rings (SSSR count). The zero-order valence-electron chi connectivity index (χ0n) is 10.9. The molecule has 0 saturated carbocycles. The summed E-state index contributed by atoms with van der Waals surface area (Å²) in [4.78, 5) is 13.0. The van der Waals surface area contributed by atoms with Gasteiger partial charge in [-0.3, -0.25) is 0 Å². The lowest BCUT2D eigenvalue weighted by atomic mass is 10.2. The maximum absolute atomic E-state index is 11.8. The summed E-state index contributed by atoms with van der Waals surface area (Å²) in [6, 6.07) is 5.12. The predicted molar refractivity (Wildman–Crippen MR) is 78.7 cm³/mol. The highest BCUT2D eigenvalue weighted by Crippen LogP contribution is 2.24. The molecule has 1 aromatic carbocycles. The van der Waals surface area contributed by atoms with E-state index in [1.165, 1.54) is 4.90 Å². The van der Waals surface area contributed by atoms with Gasteiger partial charge in [-0.25, -0.2) is 9.52 Å². The van der Waals surface area contributed by atoms with Crippen molar-refractivity contribution >= 4 is 38.0 Å². The number of rotatable bonds is 3. The van der Waals surface area contributed by atoms with E-state index in [2.05, 4.69) is 24.8 Å². The zero-order valence-corrected chi connectivity index (χ0v) is 13.3. The largest absolute Gasteiger partial charge is 0.426 e. The van der Waals surface area contributed by atoms with Gasteiger partial charge in [0, 0.05) is 17.6 Å². The van der Waals surface area contributed by atoms with Gasteiger partial charge in [0.25, 0.3) is 0 Å². The second kappa shape index (κ2) is 6.01. The van der Waals surface area contributed by atoms with E-state index in [1.54, 1.807) is 18.2 Å². The fourth-order valence-electron chi connectivity index (χ4n) is 1.90. The molecule has 0 bridgehead atoms. The minimum Gasteiger partial charge on any atom is -0.311 e. The van der Waals surface area contributed by atoms with Gasteiger partial charge in [-0.05, 0) is 53.4 Å². The van der Waals surface area contributed by atoms with E-state index in [0.717, 1.165) is 18.4 Å². The molecule has 0 atom stereocenters. The molecule has 1 fully saturated rings. The third kappa shape index (κ3) is 3.86. The lowest BCUT2D eigenvalue weighted by Gasteiger charge is -2.15. The van der Waals surface area contributed by atoms with Crippen molar-refractivity contribution in [3.63, 3.8) is 0 Å². The van der Waals surface area contributed by atoms with Gasteiger partial charge in [0.2, 0.25) is 0 Å². The number of anilines is 1. The van der Waals surface area contributed by atoms with E-state index < -0.39 is 16.4 Å². The lowest BCUT2D eigenvalue weighted by Crippen LogP contribution is -2.32. The first kappa shape index (κ1) is 15.1. The van der Waals surface area contributed by atoms with Crippen molar-refractivity contribution in [1.29, 1.82) is 0 Å². The Hall–Kier alpha value is -1.28. The molecule has 20 heavy (non-hydrogen) atoms. The van der Waals surface area contributed by atoms with Crippen LogP contribution in [-0.4, -0.2) is 32.5 Å². The molecule has 6 nitrogen and oxygen atoms in total. The molecule has 0 radical (unpaired) electrons. The predicted octanol–water partition coefficient (Wildman–Crippen LogP) is 2.65. The van der Waals surface area contributed by atoms with Crippen LogP contribution in [0.25, 0.3) is 0 Å². The first-order valence-electron chi connectivity index (χ1n) is 6.15. The second-order valence-corrected chi connectivity index (χ2v) is 6.72. The van der Waals surface area contributed by atoms with Crippen LogP contribution in [-0.2, 0) is 14.5 Å². The minimum atomic E-state index is -4.18. The molecule has 1 aromatic rings. The summed E-state index contributed by atoms with van der Waals surface area (Å²) in [5.74, 6) is 0. The maximum Gasteiger partial charge on any atom is 0.426 e. The third-order valence-electron chi connectivity index (χ3n) is 2.90. The normalized spacial score (nSPS) is 15.2. The van der Waals surface area contributed by atoms with Crippen molar-refractivity contribution in [2.75, 3.05) is 17.8 Å². The van der Waals surface area contributed by atoms with Crippen molar-refractivity contribution in [3.8, 4) is 0 Å². The second-order valence-electron chi connectivity index (χ2n) is 4.58. The van der Waals surface area contributed by atoms with Gasteiger partial charge in [-0.2, -0.15) is 8.42 Å². The number of amides is 1. The topological polar surface area (TPSA) is 75.7 Å². The number of hydrogen-bond acceptors (Lipinski definition) is 4. The zero-order chi connectivity index (χ0) is 14.8. The van der Waals surface area contributed by atoms with Gasteiger partial charge in [-0.15, -0.1) is 0 Å². The van der Waals surface area contributed by atoms with Gasteiger partial charge < -0.3 is 9.08 Å². The van der Waals surface area contributed by atoms with Gasteiger partial charge in [-0.1, -0.05) is 6.07 Å². The van der Waals surface area contributed by atoms with E-state index in [-0.39, 0.29) is 0 Å². The molecule has 1 heterocycles. The molecule has 1 saturated heterocycles. The van der Waals surface area contributed by atoms with E-state index in [0.29, 0.717) is 23.2 Å². The van der Waals surface area contributed by atoms with Crippen LogP contribution in [0.4, 0.5) is 10.5 Å². The van der Waals surface area contributed by atoms with Crippen LogP contribution in [0.1, 0.15) is 18.4 Å². The molecule has 0 unspecified atom stereocenters. The first-order chi connectivity index (χ1) is 9.37. The fraction of sp³-hybridized carbons (Fsp3) is 0.417. The first-order valence-corrected chi connectivity index (χ1v) is 8.35. The number of benzene rings is 1. The molecule has 1 aliphatic heterocycles. The SMILES string of the molecule is Cc1ccc(NS(=O)(=O)OC(=O)N2CCCC2)c(Br)c1. The monoisotopic (exact) mass is 362 g/mol. The van der Waals surface area contributed by atoms with Crippen LogP contribution in [0.2, 0.25) is 0 Å². The van der Waals surface area contributed by atoms with Crippen LogP contribution in [0, 0.1) is 6.92 Å². The Morgan fingerprint density at radius 2 is 2.00 bits per heavy atom. The summed E-state index contributed by atoms with van der Waals surface area (Å²) in [5.41, 5.74) is 1.30. The van der Waals surface area contributed by atoms with E-state index in [4.69, 9.17) is 0 Å². The fourth-order valence-corrected chi connectivity index (χ4v) is 3.41. The van der Waals surface area contributed by atoms with E-state index >= 15 is 0 Å². The van der Waals surface area contributed by atoms with Crippen molar-refractivity contribution in [2.24, 2.45) is 0 Å². The van der Waals surface area contributed by atoms with Crippen LogP contribution in [0.5, 0.6) is 0 Å². The summed E-state index contributed by atoms with van der Waals surface area (Å²) in [5, 5.41) is 0. The lowest BCUT2D eigenvalue weighted by molar-refractivity contribution is 0.165. The highest BCUT2D eigenvalue weighted by Gasteiger charge is 2.25. The number of nitrogens with zero attached hydrogens (tertiary/aromatic N) is 1. The summed E-state index contributed by atoms with van der Waals surface area (Å²) in [7, 11) is -4.18. The molecular weight excluding hydrogens is 348 g/mol. The Kier molecular flexibility index (Phi) is 4.54. The van der Waals surface area contributed by atoms with Crippen molar-refractivity contribution in [1.82, 2.24) is 4.90 Å². The van der Waals surface area contributed by atoms with Crippen LogP contribution in [0.15, 0.2) is 22.7 Å². The van der Waals surface area contributed by atoms with Crippen LogP contribution >= 0.6 is 15.9 Å². The number of likely N-dealkylation sites (tertiary alicyclic amines) is 1. The van der Waals surface area contributed by atoms with Gasteiger partial charge in [0.15, 0.2) is 0 Å². The summed E-state index contributed by atoms with van der Waals surface area (Å²) >= 11 is 3.25.